The highest BCUT2D eigenvalue weighted by atomic mass is 35.5. The van der Waals surface area contributed by atoms with E-state index in [9.17, 15) is 0 Å². The van der Waals surface area contributed by atoms with E-state index in [2.05, 4.69) is 4.98 Å². The summed E-state index contributed by atoms with van der Waals surface area (Å²) in [5.74, 6) is 0.458. The summed E-state index contributed by atoms with van der Waals surface area (Å²) in [4.78, 5) is 4.14. The van der Waals surface area contributed by atoms with Crippen LogP contribution in [0.4, 0.5) is 0 Å². The molecule has 2 nitrogen and oxygen atoms in total. The Hall–Kier alpha value is -1.28. The molecule has 0 fully saturated rings. The SMILES string of the molecule is ClCc1cn(-c2ccccc2)cn1. The molecule has 0 radical (unpaired) electrons. The van der Waals surface area contributed by atoms with Gasteiger partial charge < -0.3 is 4.57 Å². The highest BCUT2D eigenvalue weighted by Gasteiger charge is 1.97. The molecule has 0 atom stereocenters. The number of rotatable bonds is 2. The highest BCUT2D eigenvalue weighted by molar-refractivity contribution is 6.16. The van der Waals surface area contributed by atoms with Crippen molar-refractivity contribution >= 4 is 11.6 Å². The molecular weight excluding hydrogens is 184 g/mol. The molecule has 0 amide bonds. The van der Waals surface area contributed by atoms with Crippen LogP contribution in [-0.2, 0) is 5.88 Å². The molecule has 66 valence electrons. The van der Waals surface area contributed by atoms with Crippen LogP contribution in [0.15, 0.2) is 42.9 Å². The zero-order valence-corrected chi connectivity index (χ0v) is 7.78. The quantitative estimate of drug-likeness (QED) is 0.669. The van der Waals surface area contributed by atoms with Gasteiger partial charge in [0.1, 0.15) is 0 Å². The molecule has 0 aliphatic rings. The van der Waals surface area contributed by atoms with Crippen molar-refractivity contribution in [3.05, 3.63) is 48.5 Å². The molecule has 0 unspecified atom stereocenters. The average molecular weight is 193 g/mol. The van der Waals surface area contributed by atoms with E-state index in [0.717, 1.165) is 11.4 Å². The van der Waals surface area contributed by atoms with Crippen LogP contribution in [0.1, 0.15) is 5.69 Å². The predicted octanol–water partition coefficient (Wildman–Crippen LogP) is 2.61. The molecule has 0 N–H and O–H groups in total. The average Bonchev–Trinajstić information content (AvgIpc) is 2.67. The second-order valence-corrected chi connectivity index (χ2v) is 3.01. The van der Waals surface area contributed by atoms with Crippen molar-refractivity contribution < 1.29 is 0 Å². The van der Waals surface area contributed by atoms with Crippen molar-refractivity contribution in [2.75, 3.05) is 0 Å². The van der Waals surface area contributed by atoms with Gasteiger partial charge in [0.15, 0.2) is 0 Å². The van der Waals surface area contributed by atoms with Crippen molar-refractivity contribution in [2.45, 2.75) is 5.88 Å². The minimum absolute atomic E-state index is 0.458. The Bertz CT molecular complexity index is 381. The summed E-state index contributed by atoms with van der Waals surface area (Å²) in [5.41, 5.74) is 2.00. The first-order valence-electron chi connectivity index (χ1n) is 4.04. The van der Waals surface area contributed by atoms with Gasteiger partial charge in [-0.3, -0.25) is 0 Å². The van der Waals surface area contributed by atoms with E-state index in [1.807, 2.05) is 41.1 Å². The topological polar surface area (TPSA) is 17.8 Å². The highest BCUT2D eigenvalue weighted by Crippen LogP contribution is 2.08. The number of imidazole rings is 1. The number of benzene rings is 1. The van der Waals surface area contributed by atoms with E-state index in [1.165, 1.54) is 0 Å². The van der Waals surface area contributed by atoms with Crippen LogP contribution in [0.3, 0.4) is 0 Å². The third kappa shape index (κ3) is 1.73. The van der Waals surface area contributed by atoms with Crippen molar-refractivity contribution in [1.29, 1.82) is 0 Å². The Kier molecular flexibility index (Phi) is 2.32. The maximum Gasteiger partial charge on any atom is 0.0995 e. The smallest absolute Gasteiger partial charge is 0.0995 e. The lowest BCUT2D eigenvalue weighted by Crippen LogP contribution is -1.87. The molecule has 0 saturated carbocycles. The van der Waals surface area contributed by atoms with Crippen molar-refractivity contribution in [1.82, 2.24) is 9.55 Å². The Morgan fingerprint density at radius 2 is 2.00 bits per heavy atom. The van der Waals surface area contributed by atoms with E-state index in [0.29, 0.717) is 5.88 Å². The summed E-state index contributed by atoms with van der Waals surface area (Å²) >= 11 is 5.65. The number of hydrogen-bond donors (Lipinski definition) is 0. The van der Waals surface area contributed by atoms with Gasteiger partial charge in [0.05, 0.1) is 17.9 Å². The molecule has 13 heavy (non-hydrogen) atoms. The molecule has 1 heterocycles. The lowest BCUT2D eigenvalue weighted by molar-refractivity contribution is 1.06. The first kappa shape index (κ1) is 8.32. The summed E-state index contributed by atoms with van der Waals surface area (Å²) < 4.78 is 1.96. The van der Waals surface area contributed by atoms with Gasteiger partial charge in [0.2, 0.25) is 0 Å². The minimum Gasteiger partial charge on any atom is -0.306 e. The fourth-order valence-corrected chi connectivity index (χ4v) is 1.31. The summed E-state index contributed by atoms with van der Waals surface area (Å²) in [5, 5.41) is 0. The molecular formula is C10H9ClN2. The van der Waals surface area contributed by atoms with Gasteiger partial charge in [-0.25, -0.2) is 4.98 Å². The predicted molar refractivity (Wildman–Crippen MR) is 53.1 cm³/mol. The molecule has 0 saturated heterocycles. The van der Waals surface area contributed by atoms with E-state index >= 15 is 0 Å². The third-order valence-electron chi connectivity index (χ3n) is 1.83. The lowest BCUT2D eigenvalue weighted by Gasteiger charge is -1.98. The largest absolute Gasteiger partial charge is 0.306 e. The molecule has 1 aromatic carbocycles. The van der Waals surface area contributed by atoms with Gasteiger partial charge in [0, 0.05) is 11.9 Å². The number of nitrogens with zero attached hydrogens (tertiary/aromatic N) is 2. The molecule has 0 aliphatic heterocycles. The van der Waals surface area contributed by atoms with Crippen LogP contribution in [0.5, 0.6) is 0 Å². The lowest BCUT2D eigenvalue weighted by atomic mass is 10.3. The molecule has 1 aromatic heterocycles. The summed E-state index contributed by atoms with van der Waals surface area (Å²) in [6.45, 7) is 0. The molecule has 0 bridgehead atoms. The van der Waals surface area contributed by atoms with Gasteiger partial charge in [-0.15, -0.1) is 11.6 Å². The van der Waals surface area contributed by atoms with Crippen LogP contribution in [-0.4, -0.2) is 9.55 Å². The number of hydrogen-bond acceptors (Lipinski definition) is 1. The maximum atomic E-state index is 5.65. The van der Waals surface area contributed by atoms with Gasteiger partial charge in [0.25, 0.3) is 0 Å². The van der Waals surface area contributed by atoms with E-state index in [1.54, 1.807) is 6.33 Å². The van der Waals surface area contributed by atoms with Gasteiger partial charge in [-0.1, -0.05) is 18.2 Å². The zero-order valence-electron chi connectivity index (χ0n) is 7.02. The van der Waals surface area contributed by atoms with Gasteiger partial charge in [-0.05, 0) is 12.1 Å². The van der Waals surface area contributed by atoms with Crippen LogP contribution in [0.25, 0.3) is 5.69 Å². The Labute approximate surface area is 81.8 Å². The van der Waals surface area contributed by atoms with Crippen LogP contribution in [0, 0.1) is 0 Å². The summed E-state index contributed by atoms with van der Waals surface area (Å²) in [6.07, 6.45) is 3.70. The fourth-order valence-electron chi connectivity index (χ4n) is 1.17. The number of para-hydroxylation sites is 1. The summed E-state index contributed by atoms with van der Waals surface area (Å²) in [7, 11) is 0. The monoisotopic (exact) mass is 192 g/mol. The van der Waals surface area contributed by atoms with Crippen LogP contribution < -0.4 is 0 Å². The molecule has 2 aromatic rings. The standard InChI is InChI=1S/C10H9ClN2/c11-6-9-7-13(8-12-9)10-4-2-1-3-5-10/h1-5,7-8H,6H2. The first-order chi connectivity index (χ1) is 6.40. The fraction of sp³-hybridized carbons (Fsp3) is 0.100. The van der Waals surface area contributed by atoms with Crippen LogP contribution in [0.2, 0.25) is 0 Å². The molecule has 0 aliphatic carbocycles. The first-order valence-corrected chi connectivity index (χ1v) is 4.58. The van der Waals surface area contributed by atoms with E-state index in [-0.39, 0.29) is 0 Å². The normalized spacial score (nSPS) is 10.2. The zero-order chi connectivity index (χ0) is 9.10. The van der Waals surface area contributed by atoms with Gasteiger partial charge >= 0.3 is 0 Å². The number of aromatic nitrogens is 2. The number of halogens is 1. The van der Waals surface area contributed by atoms with Crippen molar-refractivity contribution in [2.24, 2.45) is 0 Å². The summed E-state index contributed by atoms with van der Waals surface area (Å²) in [6, 6.07) is 10.0. The Balaban J connectivity index is 2.36. The van der Waals surface area contributed by atoms with Crippen LogP contribution >= 0.6 is 11.6 Å². The second-order valence-electron chi connectivity index (χ2n) is 2.74. The third-order valence-corrected chi connectivity index (χ3v) is 2.10. The van der Waals surface area contributed by atoms with Gasteiger partial charge in [-0.2, -0.15) is 0 Å². The van der Waals surface area contributed by atoms with Crippen molar-refractivity contribution in [3.63, 3.8) is 0 Å². The number of alkyl halides is 1. The second kappa shape index (κ2) is 3.62. The Morgan fingerprint density at radius 1 is 1.23 bits per heavy atom. The molecule has 3 heteroatoms. The molecule has 0 spiro atoms. The van der Waals surface area contributed by atoms with Crippen molar-refractivity contribution in [3.8, 4) is 5.69 Å². The Morgan fingerprint density at radius 3 is 2.62 bits per heavy atom. The molecule has 2 rings (SSSR count). The van der Waals surface area contributed by atoms with E-state index < -0.39 is 0 Å². The maximum absolute atomic E-state index is 5.65. The van der Waals surface area contributed by atoms with E-state index in [4.69, 9.17) is 11.6 Å². The minimum atomic E-state index is 0.458.